The van der Waals surface area contributed by atoms with Gasteiger partial charge in [0.1, 0.15) is 11.6 Å². The highest BCUT2D eigenvalue weighted by atomic mass is 16.5. The van der Waals surface area contributed by atoms with E-state index in [0.717, 1.165) is 11.1 Å². The number of nitriles is 1. The Morgan fingerprint density at radius 3 is 2.29 bits per heavy atom. The van der Waals surface area contributed by atoms with Crippen LogP contribution in [0, 0.1) is 17.2 Å². The van der Waals surface area contributed by atoms with E-state index in [9.17, 15) is 4.79 Å². The molecule has 0 spiro atoms. The van der Waals surface area contributed by atoms with E-state index in [-0.39, 0.29) is 11.5 Å². The first-order valence-corrected chi connectivity index (χ1v) is 5.39. The Kier molecular flexibility index (Phi) is 4.47. The van der Waals surface area contributed by atoms with E-state index < -0.39 is 5.97 Å². The number of benzene rings is 1. The van der Waals surface area contributed by atoms with Gasteiger partial charge in [0.25, 0.3) is 0 Å². The maximum Gasteiger partial charge on any atom is 0.348 e. The van der Waals surface area contributed by atoms with Crippen LogP contribution >= 0.6 is 0 Å². The van der Waals surface area contributed by atoms with Gasteiger partial charge in [-0.3, -0.25) is 0 Å². The zero-order valence-electron chi connectivity index (χ0n) is 10.2. The van der Waals surface area contributed by atoms with Gasteiger partial charge in [0.15, 0.2) is 0 Å². The summed E-state index contributed by atoms with van der Waals surface area (Å²) in [5.74, 6) is -0.508. The van der Waals surface area contributed by atoms with Gasteiger partial charge in [-0.05, 0) is 17.1 Å². The van der Waals surface area contributed by atoms with Crippen molar-refractivity contribution in [3.05, 3.63) is 41.5 Å². The number of esters is 1. The molecule has 0 fully saturated rings. The van der Waals surface area contributed by atoms with Crippen molar-refractivity contribution >= 4 is 11.5 Å². The van der Waals surface area contributed by atoms with Gasteiger partial charge in [0.2, 0.25) is 0 Å². The molecule has 17 heavy (non-hydrogen) atoms. The van der Waals surface area contributed by atoms with Crippen LogP contribution in [0.1, 0.15) is 19.4 Å². The molecule has 0 atom stereocenters. The molecule has 1 aromatic carbocycles. The highest BCUT2D eigenvalue weighted by Gasteiger charge is 2.19. The Bertz CT molecular complexity index is 467. The summed E-state index contributed by atoms with van der Waals surface area (Å²) in [5, 5.41) is 9.10. The van der Waals surface area contributed by atoms with Crippen LogP contribution in [0.15, 0.2) is 35.9 Å². The molecule has 0 N–H and O–H groups in total. The van der Waals surface area contributed by atoms with E-state index in [0.29, 0.717) is 0 Å². The molecule has 1 aromatic rings. The van der Waals surface area contributed by atoms with Crippen LogP contribution < -0.4 is 0 Å². The Morgan fingerprint density at radius 1 is 1.29 bits per heavy atom. The molecule has 3 nitrogen and oxygen atoms in total. The summed E-state index contributed by atoms with van der Waals surface area (Å²) >= 11 is 0. The van der Waals surface area contributed by atoms with Gasteiger partial charge < -0.3 is 4.74 Å². The summed E-state index contributed by atoms with van der Waals surface area (Å²) in [5.41, 5.74) is 1.68. The van der Waals surface area contributed by atoms with Crippen molar-refractivity contribution in [2.45, 2.75) is 13.8 Å². The lowest BCUT2D eigenvalue weighted by Crippen LogP contribution is -2.09. The lowest BCUT2D eigenvalue weighted by molar-refractivity contribution is -0.135. The van der Waals surface area contributed by atoms with E-state index in [4.69, 9.17) is 5.26 Å². The average molecular weight is 229 g/mol. The molecule has 0 bridgehead atoms. The molecule has 0 aliphatic rings. The molecule has 0 saturated carbocycles. The topological polar surface area (TPSA) is 50.1 Å². The van der Waals surface area contributed by atoms with Crippen molar-refractivity contribution in [2.75, 3.05) is 7.11 Å². The third kappa shape index (κ3) is 2.94. The summed E-state index contributed by atoms with van der Waals surface area (Å²) in [6, 6.07) is 11.4. The first-order valence-electron chi connectivity index (χ1n) is 5.39. The largest absolute Gasteiger partial charge is 0.465 e. The standard InChI is InChI=1S/C14H15NO2/c1-10(2)13(11-7-5-4-6-8-11)12(9-15)14(16)17-3/h4-8,10H,1-3H3. The molecule has 0 heterocycles. The molecule has 0 aromatic heterocycles. The van der Waals surface area contributed by atoms with Gasteiger partial charge in [-0.25, -0.2) is 4.79 Å². The van der Waals surface area contributed by atoms with E-state index in [1.165, 1.54) is 7.11 Å². The second kappa shape index (κ2) is 5.86. The number of nitrogens with zero attached hydrogens (tertiary/aromatic N) is 1. The van der Waals surface area contributed by atoms with Gasteiger partial charge >= 0.3 is 5.97 Å². The summed E-state index contributed by atoms with van der Waals surface area (Å²) in [6.45, 7) is 3.89. The Labute approximate surface area is 101 Å². The van der Waals surface area contributed by atoms with Gasteiger partial charge in [-0.15, -0.1) is 0 Å². The maximum absolute atomic E-state index is 11.6. The Morgan fingerprint density at radius 2 is 1.88 bits per heavy atom. The molecule has 0 amide bonds. The molecular weight excluding hydrogens is 214 g/mol. The average Bonchev–Trinajstić information content (AvgIpc) is 2.35. The van der Waals surface area contributed by atoms with Crippen molar-refractivity contribution < 1.29 is 9.53 Å². The van der Waals surface area contributed by atoms with Crippen LogP contribution in [0.2, 0.25) is 0 Å². The van der Waals surface area contributed by atoms with Crippen molar-refractivity contribution in [2.24, 2.45) is 5.92 Å². The molecular formula is C14H15NO2. The number of ether oxygens (including phenoxy) is 1. The summed E-state index contributed by atoms with van der Waals surface area (Å²) in [4.78, 5) is 11.6. The molecule has 1 rings (SSSR count). The lowest BCUT2D eigenvalue weighted by Gasteiger charge is -2.13. The third-order valence-corrected chi connectivity index (χ3v) is 2.43. The van der Waals surface area contributed by atoms with Crippen LogP contribution in [0.4, 0.5) is 0 Å². The van der Waals surface area contributed by atoms with Gasteiger partial charge in [-0.2, -0.15) is 5.26 Å². The second-order valence-corrected chi connectivity index (χ2v) is 3.91. The van der Waals surface area contributed by atoms with Crippen molar-refractivity contribution in [1.82, 2.24) is 0 Å². The fourth-order valence-corrected chi connectivity index (χ4v) is 1.70. The normalized spacial score (nSPS) is 11.7. The minimum Gasteiger partial charge on any atom is -0.465 e. The first kappa shape index (κ1) is 13.0. The fraction of sp³-hybridized carbons (Fsp3) is 0.286. The number of hydrogen-bond acceptors (Lipinski definition) is 3. The quantitative estimate of drug-likeness (QED) is 0.455. The predicted molar refractivity (Wildman–Crippen MR) is 65.8 cm³/mol. The molecule has 0 saturated heterocycles. The van der Waals surface area contributed by atoms with Crippen molar-refractivity contribution in [1.29, 1.82) is 5.26 Å². The Balaban J connectivity index is 3.40. The number of hydrogen-bond donors (Lipinski definition) is 0. The number of methoxy groups -OCH3 is 1. The zero-order valence-corrected chi connectivity index (χ0v) is 10.2. The summed E-state index contributed by atoms with van der Waals surface area (Å²) < 4.78 is 4.64. The van der Waals surface area contributed by atoms with Crippen molar-refractivity contribution in [3.63, 3.8) is 0 Å². The molecule has 0 aliphatic heterocycles. The summed E-state index contributed by atoms with van der Waals surface area (Å²) in [6.07, 6.45) is 0. The number of carbonyl (C=O) groups excluding carboxylic acids is 1. The minimum absolute atomic E-state index is 0.0751. The predicted octanol–water partition coefficient (Wildman–Crippen LogP) is 2.79. The van der Waals surface area contributed by atoms with E-state index in [1.807, 2.05) is 50.2 Å². The zero-order chi connectivity index (χ0) is 12.8. The first-order chi connectivity index (χ1) is 8.11. The second-order valence-electron chi connectivity index (χ2n) is 3.91. The third-order valence-electron chi connectivity index (χ3n) is 2.43. The van der Waals surface area contributed by atoms with Crippen LogP contribution in [0.3, 0.4) is 0 Å². The SMILES string of the molecule is COC(=O)C(C#N)=C(c1ccccc1)C(C)C. The highest BCUT2D eigenvalue weighted by Crippen LogP contribution is 2.27. The monoisotopic (exact) mass is 229 g/mol. The van der Waals surface area contributed by atoms with Gasteiger partial charge in [0, 0.05) is 0 Å². The van der Waals surface area contributed by atoms with Crippen molar-refractivity contribution in [3.8, 4) is 6.07 Å². The maximum atomic E-state index is 11.6. The van der Waals surface area contributed by atoms with E-state index in [2.05, 4.69) is 4.74 Å². The minimum atomic E-state index is -0.583. The van der Waals surface area contributed by atoms with Crippen LogP contribution in [0.5, 0.6) is 0 Å². The highest BCUT2D eigenvalue weighted by molar-refractivity contribution is 6.01. The molecule has 3 heteroatoms. The summed E-state index contributed by atoms with van der Waals surface area (Å²) in [7, 11) is 1.28. The number of allylic oxidation sites excluding steroid dienone is 1. The van der Waals surface area contributed by atoms with E-state index in [1.54, 1.807) is 0 Å². The van der Waals surface area contributed by atoms with E-state index >= 15 is 0 Å². The van der Waals surface area contributed by atoms with Crippen LogP contribution in [-0.2, 0) is 9.53 Å². The van der Waals surface area contributed by atoms with Crippen LogP contribution in [-0.4, -0.2) is 13.1 Å². The molecule has 0 radical (unpaired) electrons. The smallest absolute Gasteiger partial charge is 0.348 e. The number of carbonyl (C=O) groups is 1. The number of rotatable bonds is 3. The molecule has 88 valence electrons. The van der Waals surface area contributed by atoms with Gasteiger partial charge in [0.05, 0.1) is 7.11 Å². The Hall–Kier alpha value is -2.08. The molecule has 0 unspecified atom stereocenters. The van der Waals surface area contributed by atoms with Crippen LogP contribution in [0.25, 0.3) is 5.57 Å². The van der Waals surface area contributed by atoms with Gasteiger partial charge in [-0.1, -0.05) is 44.2 Å². The molecule has 0 aliphatic carbocycles. The lowest BCUT2D eigenvalue weighted by atomic mass is 9.91. The fourth-order valence-electron chi connectivity index (χ4n) is 1.70.